The average Bonchev–Trinajstić information content (AvgIpc) is 2.56. The topological polar surface area (TPSA) is 23.9 Å². The highest BCUT2D eigenvalue weighted by Gasteiger charge is 2.09. The van der Waals surface area contributed by atoms with Gasteiger partial charge in [0.25, 0.3) is 0 Å². The van der Waals surface area contributed by atoms with Gasteiger partial charge in [-0.3, -0.25) is 5.41 Å². The number of fused-ring (bicyclic) bond motifs is 1. The summed E-state index contributed by atoms with van der Waals surface area (Å²) in [6.45, 7) is 7.83. The Morgan fingerprint density at radius 2 is 1.55 bits per heavy atom. The molecule has 3 aromatic carbocycles. The number of nitrogens with one attached hydrogen (secondary N) is 1. The Balaban J connectivity index is 2.28. The number of hydrogen-bond acceptors (Lipinski definition) is 1. The molecule has 1 nitrogen and oxygen atoms in total. The molecule has 0 aliphatic carbocycles. The fourth-order valence-electron chi connectivity index (χ4n) is 2.73. The predicted molar refractivity (Wildman–Crippen MR) is 95.8 cm³/mol. The van der Waals surface area contributed by atoms with Crippen molar-refractivity contribution in [1.82, 2.24) is 0 Å². The quantitative estimate of drug-likeness (QED) is 0.710. The van der Waals surface area contributed by atoms with Gasteiger partial charge in [-0.1, -0.05) is 86.0 Å². The molecule has 0 saturated carbocycles. The molecule has 1 heteroatoms. The zero-order valence-corrected chi connectivity index (χ0v) is 12.3. The van der Waals surface area contributed by atoms with Crippen LogP contribution < -0.4 is 10.4 Å². The molecule has 0 bridgehead atoms. The Kier molecular flexibility index (Phi) is 3.71. The van der Waals surface area contributed by atoms with Gasteiger partial charge in [-0.15, -0.1) is 0 Å². The zero-order valence-electron chi connectivity index (χ0n) is 12.3. The fourth-order valence-corrected chi connectivity index (χ4v) is 2.73. The predicted octanol–water partition coefficient (Wildman–Crippen LogP) is 3.63. The standard InChI is InChI=1S/C21H17N/c1-3-8-17-15(2)9-6-13-19(17)21(22)20-14-7-11-16-10-4-5-12-18(16)20/h3-14,22H,1-2H2/b17-8+,22-21?. The molecule has 22 heavy (non-hydrogen) atoms. The number of allylic oxidation sites excluding steroid dienone is 1. The zero-order chi connectivity index (χ0) is 15.5. The first kappa shape index (κ1) is 14.0. The van der Waals surface area contributed by atoms with E-state index in [-0.39, 0.29) is 0 Å². The summed E-state index contributed by atoms with van der Waals surface area (Å²) in [5.41, 5.74) is 2.32. The molecule has 1 N–H and O–H groups in total. The lowest BCUT2D eigenvalue weighted by Crippen LogP contribution is -2.29. The van der Waals surface area contributed by atoms with E-state index in [1.165, 1.54) is 0 Å². The van der Waals surface area contributed by atoms with Crippen LogP contribution in [0, 0.1) is 5.41 Å². The average molecular weight is 283 g/mol. The summed E-state index contributed by atoms with van der Waals surface area (Å²) in [7, 11) is 0. The number of rotatable bonds is 3. The lowest BCUT2D eigenvalue weighted by molar-refractivity contribution is 1.42. The highest BCUT2D eigenvalue weighted by molar-refractivity contribution is 6.17. The van der Waals surface area contributed by atoms with E-state index in [9.17, 15) is 0 Å². The molecule has 0 spiro atoms. The third-order valence-electron chi connectivity index (χ3n) is 3.81. The SMILES string of the molecule is C=C/C=c1/c(C(=N)c2cccc3ccccc23)cccc1=C. The number of benzene rings is 3. The Hall–Kier alpha value is -2.93. The summed E-state index contributed by atoms with van der Waals surface area (Å²) < 4.78 is 0. The van der Waals surface area contributed by atoms with E-state index in [1.54, 1.807) is 6.08 Å². The van der Waals surface area contributed by atoms with Crippen molar-refractivity contribution in [2.45, 2.75) is 0 Å². The molecule has 3 aromatic rings. The Morgan fingerprint density at radius 1 is 0.864 bits per heavy atom. The van der Waals surface area contributed by atoms with Gasteiger partial charge in [0.2, 0.25) is 0 Å². The first-order valence-electron chi connectivity index (χ1n) is 7.20. The first-order chi connectivity index (χ1) is 10.7. The van der Waals surface area contributed by atoms with Gasteiger partial charge in [0, 0.05) is 11.1 Å². The summed E-state index contributed by atoms with van der Waals surface area (Å²) in [6, 6.07) is 20.1. The van der Waals surface area contributed by atoms with Gasteiger partial charge in [-0.05, 0) is 21.2 Å². The van der Waals surface area contributed by atoms with Gasteiger partial charge in [-0.25, -0.2) is 0 Å². The molecule has 0 saturated heterocycles. The van der Waals surface area contributed by atoms with Crippen LogP contribution >= 0.6 is 0 Å². The summed E-state index contributed by atoms with van der Waals surface area (Å²) in [5.74, 6) is 0. The van der Waals surface area contributed by atoms with Crippen molar-refractivity contribution in [3.8, 4) is 0 Å². The van der Waals surface area contributed by atoms with Crippen LogP contribution in [0.4, 0.5) is 0 Å². The van der Waals surface area contributed by atoms with Crippen LogP contribution in [-0.4, -0.2) is 5.71 Å². The molecule has 0 aliphatic heterocycles. The summed E-state index contributed by atoms with van der Waals surface area (Å²) in [4.78, 5) is 0. The minimum Gasteiger partial charge on any atom is -0.300 e. The molecule has 0 aliphatic rings. The molecular weight excluding hydrogens is 266 g/mol. The fraction of sp³-hybridized carbons (Fsp3) is 0. The molecule has 0 unspecified atom stereocenters. The highest BCUT2D eigenvalue weighted by Crippen LogP contribution is 2.20. The van der Waals surface area contributed by atoms with Gasteiger partial charge in [0.1, 0.15) is 0 Å². The smallest absolute Gasteiger partial charge is 0.0697 e. The maximum atomic E-state index is 8.69. The molecule has 0 radical (unpaired) electrons. The van der Waals surface area contributed by atoms with E-state index in [0.717, 1.165) is 32.3 Å². The second-order valence-electron chi connectivity index (χ2n) is 5.18. The second kappa shape index (κ2) is 5.82. The van der Waals surface area contributed by atoms with E-state index in [1.807, 2.05) is 48.5 Å². The molecular formula is C21H17N. The second-order valence-corrected chi connectivity index (χ2v) is 5.18. The van der Waals surface area contributed by atoms with Gasteiger partial charge >= 0.3 is 0 Å². The maximum Gasteiger partial charge on any atom is 0.0697 e. The van der Waals surface area contributed by atoms with Crippen molar-refractivity contribution in [1.29, 1.82) is 5.41 Å². The third-order valence-corrected chi connectivity index (χ3v) is 3.81. The minimum absolute atomic E-state index is 0.510. The van der Waals surface area contributed by atoms with Crippen molar-refractivity contribution >= 4 is 29.1 Å². The van der Waals surface area contributed by atoms with Gasteiger partial charge in [0.05, 0.1) is 5.71 Å². The largest absolute Gasteiger partial charge is 0.300 e. The lowest BCUT2D eigenvalue weighted by Gasteiger charge is -2.09. The van der Waals surface area contributed by atoms with Crippen molar-refractivity contribution in [3.05, 3.63) is 94.9 Å². The summed E-state index contributed by atoms with van der Waals surface area (Å²) in [5, 5.41) is 12.8. The van der Waals surface area contributed by atoms with E-state index >= 15 is 0 Å². The van der Waals surface area contributed by atoms with E-state index in [2.05, 4.69) is 31.4 Å². The van der Waals surface area contributed by atoms with Crippen LogP contribution in [0.25, 0.3) is 23.4 Å². The normalized spacial score (nSPS) is 11.5. The Morgan fingerprint density at radius 3 is 2.36 bits per heavy atom. The van der Waals surface area contributed by atoms with Crippen LogP contribution in [-0.2, 0) is 0 Å². The monoisotopic (exact) mass is 283 g/mol. The van der Waals surface area contributed by atoms with E-state index < -0.39 is 0 Å². The Bertz CT molecular complexity index is 975. The van der Waals surface area contributed by atoms with Crippen molar-refractivity contribution in [2.75, 3.05) is 0 Å². The van der Waals surface area contributed by atoms with E-state index in [4.69, 9.17) is 5.41 Å². The molecule has 0 atom stereocenters. The van der Waals surface area contributed by atoms with Gasteiger partial charge in [0.15, 0.2) is 0 Å². The van der Waals surface area contributed by atoms with Gasteiger partial charge < -0.3 is 0 Å². The highest BCUT2D eigenvalue weighted by atomic mass is 14.4. The molecule has 0 amide bonds. The van der Waals surface area contributed by atoms with Crippen molar-refractivity contribution in [2.24, 2.45) is 0 Å². The minimum atomic E-state index is 0.510. The van der Waals surface area contributed by atoms with Crippen molar-refractivity contribution < 1.29 is 0 Å². The Labute approximate surface area is 130 Å². The summed E-state index contributed by atoms with van der Waals surface area (Å²) in [6.07, 6.45) is 3.65. The molecule has 0 heterocycles. The molecule has 3 rings (SSSR count). The van der Waals surface area contributed by atoms with E-state index in [0.29, 0.717) is 5.71 Å². The van der Waals surface area contributed by atoms with Gasteiger partial charge in [-0.2, -0.15) is 0 Å². The number of hydrogen-bond donors (Lipinski definition) is 1. The van der Waals surface area contributed by atoms with Crippen LogP contribution in [0.1, 0.15) is 11.1 Å². The van der Waals surface area contributed by atoms with Crippen LogP contribution in [0.15, 0.2) is 73.3 Å². The van der Waals surface area contributed by atoms with Crippen molar-refractivity contribution in [3.63, 3.8) is 0 Å². The lowest BCUT2D eigenvalue weighted by atomic mass is 9.95. The third kappa shape index (κ3) is 2.38. The van der Waals surface area contributed by atoms with Crippen LogP contribution in [0.5, 0.6) is 0 Å². The maximum absolute atomic E-state index is 8.69. The van der Waals surface area contributed by atoms with Crippen LogP contribution in [0.3, 0.4) is 0 Å². The first-order valence-corrected chi connectivity index (χ1v) is 7.20. The molecule has 0 fully saturated rings. The van der Waals surface area contributed by atoms with Crippen LogP contribution in [0.2, 0.25) is 0 Å². The summed E-state index contributed by atoms with van der Waals surface area (Å²) >= 11 is 0. The molecule has 0 aromatic heterocycles. The molecule has 106 valence electrons.